The average Bonchev–Trinajstić information content (AvgIpc) is 3.20. The summed E-state index contributed by atoms with van der Waals surface area (Å²) in [5.41, 5.74) is 3.34. The second kappa shape index (κ2) is 8.17. The van der Waals surface area contributed by atoms with Crippen molar-refractivity contribution in [1.29, 1.82) is 0 Å². The fraction of sp³-hybridized carbons (Fsp3) is 0.381. The fourth-order valence-corrected chi connectivity index (χ4v) is 5.33. The molecule has 1 aromatic carbocycles. The maximum Gasteiger partial charge on any atom is 0.270 e. The van der Waals surface area contributed by atoms with Crippen molar-refractivity contribution in [2.24, 2.45) is 0 Å². The molecule has 3 heterocycles. The molecule has 3 aromatic rings. The zero-order chi connectivity index (χ0) is 18.8. The van der Waals surface area contributed by atoms with Crippen LogP contribution in [0.4, 0.5) is 0 Å². The van der Waals surface area contributed by atoms with Gasteiger partial charge in [0.2, 0.25) is 0 Å². The van der Waals surface area contributed by atoms with E-state index in [1.54, 1.807) is 11.3 Å². The molecule has 1 aliphatic rings. The van der Waals surface area contributed by atoms with Gasteiger partial charge in [0.15, 0.2) is 0 Å². The van der Waals surface area contributed by atoms with Crippen molar-refractivity contribution in [3.8, 4) is 0 Å². The van der Waals surface area contributed by atoms with Crippen LogP contribution in [0.25, 0.3) is 10.2 Å². The molecule has 1 saturated heterocycles. The Morgan fingerprint density at radius 1 is 1.11 bits per heavy atom. The van der Waals surface area contributed by atoms with E-state index in [0.29, 0.717) is 0 Å². The van der Waals surface area contributed by atoms with E-state index in [1.165, 1.54) is 15.8 Å². The Hall–Kier alpha value is -1.63. The quantitative estimate of drug-likeness (QED) is 0.562. The lowest BCUT2D eigenvalue weighted by atomic mass is 10.2. The first kappa shape index (κ1) is 18.7. The number of rotatable bonds is 5. The molecule has 0 radical (unpaired) electrons. The van der Waals surface area contributed by atoms with Crippen LogP contribution in [0, 0.1) is 0 Å². The van der Waals surface area contributed by atoms with E-state index in [-0.39, 0.29) is 5.91 Å². The second-order valence-electron chi connectivity index (χ2n) is 7.04. The van der Waals surface area contributed by atoms with Gasteiger partial charge in [0.05, 0.1) is 14.0 Å². The number of amides is 1. The molecule has 1 fully saturated rings. The summed E-state index contributed by atoms with van der Waals surface area (Å²) >= 11 is 5.26. The maximum atomic E-state index is 13.2. The van der Waals surface area contributed by atoms with Crippen LogP contribution in [0.1, 0.15) is 29.4 Å². The van der Waals surface area contributed by atoms with Gasteiger partial charge in [0.1, 0.15) is 5.69 Å². The molecule has 0 bridgehead atoms. The summed E-state index contributed by atoms with van der Waals surface area (Å²) in [6.07, 6.45) is 1.02. The number of halogens is 1. The number of fused-ring (bicyclic) bond motifs is 1. The molecule has 142 valence electrons. The first-order valence-corrected chi connectivity index (χ1v) is 11.1. The normalized spacial score (nSPS) is 15.6. The molecule has 27 heavy (non-hydrogen) atoms. The van der Waals surface area contributed by atoms with Gasteiger partial charge in [-0.25, -0.2) is 0 Å². The van der Waals surface area contributed by atoms with Gasteiger partial charge in [0.25, 0.3) is 5.91 Å². The summed E-state index contributed by atoms with van der Waals surface area (Å²) < 4.78 is 4.49. The lowest BCUT2D eigenvalue weighted by molar-refractivity contribution is 0.0618. The number of hydrogen-bond donors (Lipinski definition) is 0. The monoisotopic (exact) mass is 445 g/mol. The highest BCUT2D eigenvalue weighted by Crippen LogP contribution is 2.33. The van der Waals surface area contributed by atoms with Crippen LogP contribution in [0.2, 0.25) is 0 Å². The summed E-state index contributed by atoms with van der Waals surface area (Å²) in [4.78, 5) is 17.6. The summed E-state index contributed by atoms with van der Waals surface area (Å²) in [5, 5.41) is 0. The minimum atomic E-state index is 0.169. The van der Waals surface area contributed by atoms with Crippen LogP contribution < -0.4 is 0 Å². The van der Waals surface area contributed by atoms with Gasteiger partial charge in [-0.2, -0.15) is 0 Å². The second-order valence-corrected chi connectivity index (χ2v) is 9.50. The molecule has 0 N–H and O–H groups in total. The maximum absolute atomic E-state index is 13.2. The Labute approximate surface area is 172 Å². The molecule has 1 amide bonds. The number of carbonyl (C=O) groups excluding carboxylic acids is 1. The highest BCUT2D eigenvalue weighted by molar-refractivity contribution is 9.11. The third-order valence-electron chi connectivity index (χ3n) is 5.13. The van der Waals surface area contributed by atoms with Crippen molar-refractivity contribution < 1.29 is 4.79 Å². The average molecular weight is 446 g/mol. The van der Waals surface area contributed by atoms with Gasteiger partial charge in [-0.15, -0.1) is 11.3 Å². The van der Waals surface area contributed by atoms with Crippen LogP contribution in [-0.4, -0.2) is 46.5 Å². The number of piperazine rings is 1. The number of aromatic nitrogens is 1. The number of aryl methyl sites for hydroxylation is 1. The van der Waals surface area contributed by atoms with Gasteiger partial charge in [-0.05, 0) is 40.0 Å². The van der Waals surface area contributed by atoms with Gasteiger partial charge in [0, 0.05) is 39.3 Å². The summed E-state index contributed by atoms with van der Waals surface area (Å²) in [5.74, 6) is 0.169. The van der Waals surface area contributed by atoms with Crippen LogP contribution in [0.5, 0.6) is 0 Å². The summed E-state index contributed by atoms with van der Waals surface area (Å²) in [6, 6.07) is 14.8. The smallest absolute Gasteiger partial charge is 0.270 e. The lowest BCUT2D eigenvalue weighted by Crippen LogP contribution is -2.48. The van der Waals surface area contributed by atoms with Crippen molar-refractivity contribution in [1.82, 2.24) is 14.4 Å². The first-order valence-electron chi connectivity index (χ1n) is 9.50. The van der Waals surface area contributed by atoms with E-state index in [4.69, 9.17) is 0 Å². The Morgan fingerprint density at radius 3 is 2.56 bits per heavy atom. The number of thiophene rings is 1. The Morgan fingerprint density at radius 2 is 1.85 bits per heavy atom. The number of benzene rings is 1. The van der Waals surface area contributed by atoms with Crippen molar-refractivity contribution in [3.05, 3.63) is 57.5 Å². The van der Waals surface area contributed by atoms with Crippen molar-refractivity contribution in [2.75, 3.05) is 26.2 Å². The standard InChI is InChI=1S/C21H24BrN3OS/c1-2-8-25-17-14-20(22)27-19(17)13-18(25)21(26)24-11-9-23(10-12-24)15-16-6-4-3-5-7-16/h3-7,13-14H,2,8-12,15H2,1H3. The molecule has 2 aromatic heterocycles. The van der Waals surface area contributed by atoms with Gasteiger partial charge >= 0.3 is 0 Å². The highest BCUT2D eigenvalue weighted by atomic mass is 79.9. The minimum absolute atomic E-state index is 0.169. The summed E-state index contributed by atoms with van der Waals surface area (Å²) in [7, 11) is 0. The largest absolute Gasteiger partial charge is 0.336 e. The van der Waals surface area contributed by atoms with Gasteiger partial charge in [-0.1, -0.05) is 37.3 Å². The Kier molecular flexibility index (Phi) is 5.66. The number of hydrogen-bond acceptors (Lipinski definition) is 3. The highest BCUT2D eigenvalue weighted by Gasteiger charge is 2.25. The van der Waals surface area contributed by atoms with Crippen molar-refractivity contribution >= 4 is 43.4 Å². The van der Waals surface area contributed by atoms with Crippen LogP contribution in [-0.2, 0) is 13.1 Å². The molecule has 0 aliphatic carbocycles. The zero-order valence-electron chi connectivity index (χ0n) is 15.5. The predicted octanol–water partition coefficient (Wildman–Crippen LogP) is 4.83. The Bertz CT molecular complexity index is 926. The van der Waals surface area contributed by atoms with E-state index in [9.17, 15) is 4.79 Å². The van der Waals surface area contributed by atoms with E-state index in [2.05, 4.69) is 74.8 Å². The van der Waals surface area contributed by atoms with Crippen LogP contribution >= 0.6 is 27.3 Å². The molecule has 0 atom stereocenters. The molecule has 0 unspecified atom stereocenters. The van der Waals surface area contributed by atoms with E-state index >= 15 is 0 Å². The van der Waals surface area contributed by atoms with Crippen molar-refractivity contribution in [2.45, 2.75) is 26.4 Å². The minimum Gasteiger partial charge on any atom is -0.336 e. The number of nitrogens with zero attached hydrogens (tertiary/aromatic N) is 3. The zero-order valence-corrected chi connectivity index (χ0v) is 17.9. The van der Waals surface area contributed by atoms with E-state index in [0.717, 1.165) is 55.2 Å². The summed E-state index contributed by atoms with van der Waals surface area (Å²) in [6.45, 7) is 7.43. The molecule has 6 heteroatoms. The first-order chi connectivity index (χ1) is 13.2. The molecule has 0 saturated carbocycles. The van der Waals surface area contributed by atoms with Crippen LogP contribution in [0.3, 0.4) is 0 Å². The van der Waals surface area contributed by atoms with Crippen LogP contribution in [0.15, 0.2) is 46.3 Å². The molecular formula is C21H24BrN3OS. The van der Waals surface area contributed by atoms with Gasteiger partial charge in [-0.3, -0.25) is 9.69 Å². The predicted molar refractivity (Wildman–Crippen MR) is 115 cm³/mol. The topological polar surface area (TPSA) is 28.5 Å². The third kappa shape index (κ3) is 3.98. The molecule has 0 spiro atoms. The van der Waals surface area contributed by atoms with Gasteiger partial charge < -0.3 is 9.47 Å². The van der Waals surface area contributed by atoms with Crippen molar-refractivity contribution in [3.63, 3.8) is 0 Å². The molecule has 1 aliphatic heterocycles. The fourth-order valence-electron chi connectivity index (χ4n) is 3.77. The number of carbonyl (C=O) groups is 1. The molecule has 4 rings (SSSR count). The third-order valence-corrected chi connectivity index (χ3v) is 6.71. The Balaban J connectivity index is 1.45. The molecule has 4 nitrogen and oxygen atoms in total. The lowest BCUT2D eigenvalue weighted by Gasteiger charge is -2.35. The SMILES string of the molecule is CCCn1c(C(=O)N2CCN(Cc3ccccc3)CC2)cc2sc(Br)cc21. The molecular weight excluding hydrogens is 422 g/mol. The van der Waals surface area contributed by atoms with E-state index < -0.39 is 0 Å². The van der Waals surface area contributed by atoms with E-state index in [1.807, 2.05) is 4.90 Å².